The van der Waals surface area contributed by atoms with Crippen molar-refractivity contribution < 1.29 is 22.4 Å². The molecule has 0 aliphatic rings. The Morgan fingerprint density at radius 1 is 1.33 bits per heavy atom. The van der Waals surface area contributed by atoms with E-state index in [1.807, 2.05) is 0 Å². The zero-order chi connectivity index (χ0) is 13.2. The zero-order valence-corrected chi connectivity index (χ0v) is 8.73. The standard InChI is InChI=1S/C10H6F3N3O2/c11-10(12,13)9(17)15-7-3-1-2-6(4-7)8-16-14-5-18-8/h1-5H,(H,15,17). The molecule has 1 N–H and O–H groups in total. The maximum atomic E-state index is 12.1. The van der Waals surface area contributed by atoms with Gasteiger partial charge in [0.15, 0.2) is 0 Å². The summed E-state index contributed by atoms with van der Waals surface area (Å²) in [7, 11) is 0. The van der Waals surface area contributed by atoms with Gasteiger partial charge in [0.1, 0.15) is 0 Å². The van der Waals surface area contributed by atoms with Crippen molar-refractivity contribution in [1.82, 2.24) is 10.2 Å². The van der Waals surface area contributed by atoms with Gasteiger partial charge in [0, 0.05) is 11.3 Å². The van der Waals surface area contributed by atoms with Crippen LogP contribution in [0.15, 0.2) is 35.1 Å². The highest BCUT2D eigenvalue weighted by molar-refractivity contribution is 5.95. The van der Waals surface area contributed by atoms with Crippen LogP contribution in [0.2, 0.25) is 0 Å². The normalized spacial score (nSPS) is 11.3. The quantitative estimate of drug-likeness (QED) is 0.895. The Morgan fingerprint density at radius 2 is 2.11 bits per heavy atom. The summed E-state index contributed by atoms with van der Waals surface area (Å²) in [6.45, 7) is 0. The molecule has 0 spiro atoms. The lowest BCUT2D eigenvalue weighted by molar-refractivity contribution is -0.167. The summed E-state index contributed by atoms with van der Waals surface area (Å²) in [5.41, 5.74) is 0.403. The zero-order valence-electron chi connectivity index (χ0n) is 8.73. The van der Waals surface area contributed by atoms with Crippen LogP contribution in [0.5, 0.6) is 0 Å². The molecule has 2 rings (SSSR count). The highest BCUT2D eigenvalue weighted by Crippen LogP contribution is 2.22. The molecule has 1 heterocycles. The minimum absolute atomic E-state index is 0.00646. The first-order chi connectivity index (χ1) is 8.47. The van der Waals surface area contributed by atoms with E-state index in [2.05, 4.69) is 10.2 Å². The lowest BCUT2D eigenvalue weighted by atomic mass is 10.2. The summed E-state index contributed by atoms with van der Waals surface area (Å²) in [6, 6.07) is 5.66. The highest BCUT2D eigenvalue weighted by Gasteiger charge is 2.38. The summed E-state index contributed by atoms with van der Waals surface area (Å²) in [4.78, 5) is 10.7. The van der Waals surface area contributed by atoms with E-state index in [0.29, 0.717) is 5.56 Å². The van der Waals surface area contributed by atoms with Crippen LogP contribution in [0.25, 0.3) is 11.5 Å². The number of anilines is 1. The number of carbonyl (C=O) groups is 1. The first kappa shape index (κ1) is 12.1. The number of benzene rings is 1. The van der Waals surface area contributed by atoms with E-state index in [1.54, 1.807) is 11.4 Å². The molecular formula is C10H6F3N3O2. The van der Waals surface area contributed by atoms with Gasteiger partial charge >= 0.3 is 12.1 Å². The van der Waals surface area contributed by atoms with Gasteiger partial charge in [-0.05, 0) is 18.2 Å². The second kappa shape index (κ2) is 4.47. The molecule has 94 valence electrons. The maximum absolute atomic E-state index is 12.1. The van der Waals surface area contributed by atoms with Gasteiger partial charge in [-0.2, -0.15) is 13.2 Å². The minimum Gasteiger partial charge on any atom is -0.423 e. The number of hydrogen-bond acceptors (Lipinski definition) is 4. The molecule has 0 saturated carbocycles. The summed E-state index contributed by atoms with van der Waals surface area (Å²) in [6.07, 6.45) is -3.84. The van der Waals surface area contributed by atoms with E-state index < -0.39 is 12.1 Å². The number of aromatic nitrogens is 2. The van der Waals surface area contributed by atoms with E-state index >= 15 is 0 Å². The fraction of sp³-hybridized carbons (Fsp3) is 0.100. The molecule has 0 bridgehead atoms. The van der Waals surface area contributed by atoms with Crippen molar-refractivity contribution in [3.8, 4) is 11.5 Å². The van der Waals surface area contributed by atoms with Gasteiger partial charge in [0.25, 0.3) is 0 Å². The third-order valence-corrected chi connectivity index (χ3v) is 1.98. The van der Waals surface area contributed by atoms with Crippen LogP contribution in [0.1, 0.15) is 0 Å². The van der Waals surface area contributed by atoms with Crippen molar-refractivity contribution in [3.05, 3.63) is 30.7 Å². The fourth-order valence-electron chi connectivity index (χ4n) is 1.23. The molecule has 0 radical (unpaired) electrons. The van der Waals surface area contributed by atoms with Crippen LogP contribution in [0.4, 0.5) is 18.9 Å². The molecule has 8 heteroatoms. The predicted octanol–water partition coefficient (Wildman–Crippen LogP) is 2.24. The lowest BCUT2D eigenvalue weighted by Gasteiger charge is -2.08. The molecule has 1 aromatic heterocycles. The van der Waals surface area contributed by atoms with Gasteiger partial charge in [-0.15, -0.1) is 10.2 Å². The molecule has 0 unspecified atom stereocenters. The Bertz CT molecular complexity index is 552. The second-order valence-electron chi connectivity index (χ2n) is 3.28. The Hall–Kier alpha value is -2.38. The van der Waals surface area contributed by atoms with Crippen molar-refractivity contribution in [2.75, 3.05) is 5.32 Å². The first-order valence-electron chi connectivity index (χ1n) is 4.71. The first-order valence-corrected chi connectivity index (χ1v) is 4.71. The Kier molecular flexibility index (Phi) is 3.00. The fourth-order valence-corrected chi connectivity index (χ4v) is 1.23. The molecular weight excluding hydrogens is 251 g/mol. The third kappa shape index (κ3) is 2.65. The summed E-state index contributed by atoms with van der Waals surface area (Å²) < 4.78 is 41.1. The van der Waals surface area contributed by atoms with E-state index in [4.69, 9.17) is 4.42 Å². The number of alkyl halides is 3. The van der Waals surface area contributed by atoms with Crippen molar-refractivity contribution in [2.45, 2.75) is 6.18 Å². The summed E-state index contributed by atoms with van der Waals surface area (Å²) >= 11 is 0. The van der Waals surface area contributed by atoms with Crippen LogP contribution in [-0.2, 0) is 4.79 Å². The third-order valence-electron chi connectivity index (χ3n) is 1.98. The van der Waals surface area contributed by atoms with Crippen molar-refractivity contribution in [2.24, 2.45) is 0 Å². The van der Waals surface area contributed by atoms with Gasteiger partial charge in [-0.1, -0.05) is 6.07 Å². The SMILES string of the molecule is O=C(Nc1cccc(-c2nnco2)c1)C(F)(F)F. The average molecular weight is 257 g/mol. The molecule has 0 atom stereocenters. The van der Waals surface area contributed by atoms with E-state index in [1.165, 1.54) is 18.2 Å². The van der Waals surface area contributed by atoms with Gasteiger partial charge < -0.3 is 9.73 Å². The molecule has 2 aromatic rings. The number of nitrogens with zero attached hydrogens (tertiary/aromatic N) is 2. The van der Waals surface area contributed by atoms with Crippen LogP contribution in [-0.4, -0.2) is 22.3 Å². The minimum atomic E-state index is -4.93. The average Bonchev–Trinajstić information content (AvgIpc) is 2.81. The lowest BCUT2D eigenvalue weighted by Crippen LogP contribution is -2.29. The van der Waals surface area contributed by atoms with Crippen LogP contribution >= 0.6 is 0 Å². The molecule has 18 heavy (non-hydrogen) atoms. The molecule has 1 amide bonds. The smallest absolute Gasteiger partial charge is 0.423 e. The summed E-state index contributed by atoms with van der Waals surface area (Å²) in [5, 5.41) is 8.78. The summed E-state index contributed by atoms with van der Waals surface area (Å²) in [5.74, 6) is -1.89. The van der Waals surface area contributed by atoms with Crippen LogP contribution in [0, 0.1) is 0 Å². The molecule has 0 fully saturated rings. The van der Waals surface area contributed by atoms with E-state index in [0.717, 1.165) is 6.39 Å². The maximum Gasteiger partial charge on any atom is 0.471 e. The molecule has 5 nitrogen and oxygen atoms in total. The number of rotatable bonds is 2. The van der Waals surface area contributed by atoms with Crippen molar-refractivity contribution in [1.29, 1.82) is 0 Å². The van der Waals surface area contributed by atoms with Gasteiger partial charge in [0.2, 0.25) is 12.3 Å². The van der Waals surface area contributed by atoms with E-state index in [-0.39, 0.29) is 11.6 Å². The Balaban J connectivity index is 2.21. The highest BCUT2D eigenvalue weighted by atomic mass is 19.4. The molecule has 0 aliphatic carbocycles. The van der Waals surface area contributed by atoms with Crippen molar-refractivity contribution in [3.63, 3.8) is 0 Å². The largest absolute Gasteiger partial charge is 0.471 e. The van der Waals surface area contributed by atoms with Crippen LogP contribution in [0.3, 0.4) is 0 Å². The molecule has 0 aliphatic heterocycles. The number of amides is 1. The molecule has 0 saturated heterocycles. The monoisotopic (exact) mass is 257 g/mol. The van der Waals surface area contributed by atoms with Gasteiger partial charge in [-0.25, -0.2) is 0 Å². The molecule has 1 aromatic carbocycles. The number of halogens is 3. The van der Waals surface area contributed by atoms with E-state index in [9.17, 15) is 18.0 Å². The van der Waals surface area contributed by atoms with Crippen molar-refractivity contribution >= 4 is 11.6 Å². The second-order valence-corrected chi connectivity index (χ2v) is 3.28. The predicted molar refractivity (Wildman–Crippen MR) is 54.4 cm³/mol. The Labute approximate surface area is 98.6 Å². The Morgan fingerprint density at radius 3 is 2.72 bits per heavy atom. The number of hydrogen-bond donors (Lipinski definition) is 1. The number of nitrogens with one attached hydrogen (secondary N) is 1. The number of carbonyl (C=O) groups excluding carboxylic acids is 1. The topological polar surface area (TPSA) is 68.0 Å². The van der Waals surface area contributed by atoms with Gasteiger partial charge in [-0.3, -0.25) is 4.79 Å². The van der Waals surface area contributed by atoms with Crippen LogP contribution < -0.4 is 5.32 Å². The van der Waals surface area contributed by atoms with Gasteiger partial charge in [0.05, 0.1) is 0 Å².